The number of rotatable bonds is 2. The van der Waals surface area contributed by atoms with Crippen LogP contribution in [0.3, 0.4) is 0 Å². The molecule has 5 heteroatoms. The Kier molecular flexibility index (Phi) is 4.31. The van der Waals surface area contributed by atoms with E-state index in [1.54, 1.807) is 6.08 Å². The van der Waals surface area contributed by atoms with Crippen molar-refractivity contribution >= 4 is 16.7 Å². The molecular weight excluding hydrogens is 462 g/mol. The maximum absolute atomic E-state index is 13.2. The van der Waals surface area contributed by atoms with Crippen molar-refractivity contribution in [2.75, 3.05) is 0 Å². The molecule has 1 saturated heterocycles. The van der Waals surface area contributed by atoms with Crippen LogP contribution in [0.2, 0.25) is 0 Å². The summed E-state index contributed by atoms with van der Waals surface area (Å²) >= 11 is 0. The minimum Gasteiger partial charge on any atom is -0.385 e. The van der Waals surface area contributed by atoms with Crippen molar-refractivity contribution in [2.24, 2.45) is 11.3 Å². The van der Waals surface area contributed by atoms with Gasteiger partial charge in [-0.25, -0.2) is 0 Å². The minimum atomic E-state index is -1.19. The second-order valence-electron chi connectivity index (χ2n) is 13.9. The van der Waals surface area contributed by atoms with E-state index in [1.165, 1.54) is 22.2 Å². The van der Waals surface area contributed by atoms with E-state index >= 15 is 0 Å². The Morgan fingerprint density at radius 2 is 1.92 bits per heavy atom. The Hall–Kier alpha value is -2.21. The van der Waals surface area contributed by atoms with E-state index in [0.29, 0.717) is 24.3 Å². The number of ketones is 1. The molecule has 6 atom stereocenters. The number of hydrogen-bond acceptors (Lipinski definition) is 4. The predicted octanol–water partition coefficient (Wildman–Crippen LogP) is 5.79. The molecule has 2 aromatic rings. The third-order valence-corrected chi connectivity index (χ3v) is 11.6. The second-order valence-corrected chi connectivity index (χ2v) is 13.9. The van der Waals surface area contributed by atoms with E-state index in [4.69, 9.17) is 9.47 Å². The predicted molar refractivity (Wildman–Crippen MR) is 143 cm³/mol. The fraction of sp³-hybridized carbons (Fsp3) is 0.594. The molecule has 3 fully saturated rings. The lowest BCUT2D eigenvalue weighted by molar-refractivity contribution is -0.247. The molecule has 1 spiro atoms. The van der Waals surface area contributed by atoms with Gasteiger partial charge >= 0.3 is 0 Å². The third-order valence-electron chi connectivity index (χ3n) is 11.6. The quantitative estimate of drug-likeness (QED) is 0.511. The molecule has 196 valence electrons. The van der Waals surface area contributed by atoms with Crippen molar-refractivity contribution in [3.8, 4) is 0 Å². The Balaban J connectivity index is 1.39. The zero-order valence-corrected chi connectivity index (χ0v) is 23.0. The number of ether oxygens (including phenoxy) is 2. The van der Waals surface area contributed by atoms with Gasteiger partial charge in [-0.2, -0.15) is 0 Å². The standard InChI is InChI=1S/C32H39NO4/c1-8-27(2,3)18-9-10-22-20(15-18)21-16-19-11-12-31(35)24-17-23(34)26-28(4,5)37-32(24,36-26)14-13-29(31,6)30(19,7)25(21)33-22/h8-10,15,17,19,26,33,35H,1,11-14,16H2,2-7H3/t19-,26-,29+,30+,31+,32+/m0/s1. The van der Waals surface area contributed by atoms with Gasteiger partial charge in [0.05, 0.1) is 5.60 Å². The van der Waals surface area contributed by atoms with Crippen LogP contribution in [0, 0.1) is 11.3 Å². The fourth-order valence-electron chi connectivity index (χ4n) is 8.96. The zero-order chi connectivity index (χ0) is 26.4. The highest BCUT2D eigenvalue weighted by atomic mass is 16.8. The van der Waals surface area contributed by atoms with Crippen LogP contribution in [0.4, 0.5) is 0 Å². The van der Waals surface area contributed by atoms with Crippen LogP contribution in [-0.4, -0.2) is 39.0 Å². The van der Waals surface area contributed by atoms with Crippen LogP contribution < -0.4 is 0 Å². The lowest BCUT2D eigenvalue weighted by Gasteiger charge is -2.65. The van der Waals surface area contributed by atoms with Gasteiger partial charge in [-0.1, -0.05) is 39.8 Å². The van der Waals surface area contributed by atoms with Gasteiger partial charge in [-0.3, -0.25) is 4.79 Å². The number of fused-ring (bicyclic) bond motifs is 9. The first kappa shape index (κ1) is 23.9. The van der Waals surface area contributed by atoms with E-state index in [-0.39, 0.29) is 16.6 Å². The molecule has 5 aliphatic rings. The summed E-state index contributed by atoms with van der Waals surface area (Å²) < 4.78 is 12.9. The van der Waals surface area contributed by atoms with Gasteiger partial charge in [-0.15, -0.1) is 6.58 Å². The Bertz CT molecular complexity index is 1430. The zero-order valence-electron chi connectivity index (χ0n) is 23.0. The summed E-state index contributed by atoms with van der Waals surface area (Å²) in [6.45, 7) is 16.9. The highest BCUT2D eigenvalue weighted by molar-refractivity contribution is 5.97. The lowest BCUT2D eigenvalue weighted by Crippen LogP contribution is -2.69. The first-order valence-corrected chi connectivity index (χ1v) is 13.9. The van der Waals surface area contributed by atoms with Crippen LogP contribution in [0.25, 0.3) is 10.9 Å². The van der Waals surface area contributed by atoms with Crippen molar-refractivity contribution in [3.05, 3.63) is 59.3 Å². The molecule has 3 aliphatic carbocycles. The average Bonchev–Trinajstić information content (AvgIpc) is 3.43. The van der Waals surface area contributed by atoms with Gasteiger partial charge in [-0.05, 0) is 74.8 Å². The molecule has 3 heterocycles. The summed E-state index contributed by atoms with van der Waals surface area (Å²) in [5, 5.41) is 14.0. The molecule has 1 aromatic carbocycles. The Morgan fingerprint density at radius 1 is 1.16 bits per heavy atom. The monoisotopic (exact) mass is 501 g/mol. The van der Waals surface area contributed by atoms with Gasteiger partial charge < -0.3 is 19.6 Å². The molecule has 2 N–H and O–H groups in total. The summed E-state index contributed by atoms with van der Waals surface area (Å²) in [7, 11) is 0. The summed E-state index contributed by atoms with van der Waals surface area (Å²) in [5.41, 5.74) is 2.94. The number of aromatic amines is 1. The van der Waals surface area contributed by atoms with Gasteiger partial charge in [0.25, 0.3) is 0 Å². The van der Waals surface area contributed by atoms with Gasteiger partial charge in [0, 0.05) is 44.8 Å². The molecule has 5 nitrogen and oxygen atoms in total. The molecule has 1 aromatic heterocycles. The SMILES string of the molecule is C=CC(C)(C)c1ccc2[nH]c3c(c2c1)C[C@@H]1CC[C@@]2(O)C4=CC(=O)[C@@H]5O[C@]4(CC[C@]2(C)[C@@]31C)OC5(C)C. The number of carbonyl (C=O) groups is 1. The van der Waals surface area contributed by atoms with Gasteiger partial charge in [0.2, 0.25) is 0 Å². The van der Waals surface area contributed by atoms with Crippen molar-refractivity contribution in [2.45, 2.75) is 108 Å². The molecule has 2 saturated carbocycles. The van der Waals surface area contributed by atoms with Crippen molar-refractivity contribution in [1.82, 2.24) is 4.98 Å². The Morgan fingerprint density at radius 3 is 2.65 bits per heavy atom. The topological polar surface area (TPSA) is 71.5 Å². The minimum absolute atomic E-state index is 0.0897. The average molecular weight is 502 g/mol. The lowest BCUT2D eigenvalue weighted by atomic mass is 9.42. The molecule has 7 rings (SSSR count). The van der Waals surface area contributed by atoms with Crippen molar-refractivity contribution < 1.29 is 19.4 Å². The number of H-pyrrole nitrogens is 1. The third kappa shape index (κ3) is 2.55. The molecular formula is C32H39NO4. The van der Waals surface area contributed by atoms with Crippen LogP contribution in [0.5, 0.6) is 0 Å². The highest BCUT2D eigenvalue weighted by Crippen LogP contribution is 2.71. The maximum Gasteiger partial charge on any atom is 0.195 e. The molecule has 0 unspecified atom stereocenters. The number of hydrogen-bond donors (Lipinski definition) is 2. The summed E-state index contributed by atoms with van der Waals surface area (Å²) in [6.07, 6.45) is 6.99. The van der Waals surface area contributed by atoms with Crippen molar-refractivity contribution in [1.29, 1.82) is 0 Å². The van der Waals surface area contributed by atoms with Crippen LogP contribution in [0.15, 0.2) is 42.5 Å². The smallest absolute Gasteiger partial charge is 0.195 e. The van der Waals surface area contributed by atoms with Crippen molar-refractivity contribution in [3.63, 3.8) is 0 Å². The van der Waals surface area contributed by atoms with Crippen LogP contribution in [0.1, 0.15) is 84.0 Å². The van der Waals surface area contributed by atoms with Crippen LogP contribution in [-0.2, 0) is 31.5 Å². The van der Waals surface area contributed by atoms with Gasteiger partial charge in [0.15, 0.2) is 17.7 Å². The van der Waals surface area contributed by atoms with E-state index < -0.39 is 28.5 Å². The number of allylic oxidation sites excluding steroid dienone is 1. The van der Waals surface area contributed by atoms with Crippen LogP contribution >= 0.6 is 0 Å². The molecule has 2 bridgehead atoms. The number of benzene rings is 1. The summed E-state index contributed by atoms with van der Waals surface area (Å²) in [5.74, 6) is -0.678. The van der Waals surface area contributed by atoms with Gasteiger partial charge in [0.1, 0.15) is 5.60 Å². The fourth-order valence-corrected chi connectivity index (χ4v) is 8.96. The molecule has 2 aliphatic heterocycles. The number of nitrogens with one attached hydrogen (secondary N) is 1. The second kappa shape index (κ2) is 6.67. The number of aliphatic hydroxyl groups is 1. The number of aromatic nitrogens is 1. The summed E-state index contributed by atoms with van der Waals surface area (Å²) in [6, 6.07) is 6.73. The molecule has 0 amide bonds. The largest absolute Gasteiger partial charge is 0.385 e. The summed E-state index contributed by atoms with van der Waals surface area (Å²) in [4.78, 5) is 17.0. The normalized spacial score (nSPS) is 41.6. The van der Waals surface area contributed by atoms with E-state index in [9.17, 15) is 9.90 Å². The Labute approximate surface area is 219 Å². The van der Waals surface area contributed by atoms with E-state index in [0.717, 1.165) is 24.8 Å². The molecule has 37 heavy (non-hydrogen) atoms. The first-order valence-electron chi connectivity index (χ1n) is 13.9. The van der Waals surface area contributed by atoms with E-state index in [2.05, 4.69) is 57.5 Å². The molecule has 0 radical (unpaired) electrons. The first-order chi connectivity index (χ1) is 17.2. The maximum atomic E-state index is 13.2. The van der Waals surface area contributed by atoms with E-state index in [1.807, 2.05) is 19.9 Å². The highest BCUT2D eigenvalue weighted by Gasteiger charge is 2.75. The number of carbonyl (C=O) groups excluding carboxylic acids is 1.